The predicted octanol–water partition coefficient (Wildman–Crippen LogP) is -1.57. The molecule has 112 valence electrons. The second-order valence-electron chi connectivity index (χ2n) is 5.54. The van der Waals surface area contributed by atoms with Gasteiger partial charge in [-0.25, -0.2) is 18.1 Å². The minimum Gasteiger partial charge on any atom is -0.218 e. The second-order valence-corrected chi connectivity index (χ2v) is 8.08. The van der Waals surface area contributed by atoms with E-state index >= 15 is 0 Å². The Balaban J connectivity index is 2.76. The fourth-order valence-electron chi connectivity index (χ4n) is 2.49. The molecule has 0 aliphatic carbocycles. The molecule has 0 atom stereocenters. The Labute approximate surface area is 138 Å². The lowest BCUT2D eigenvalue weighted by molar-refractivity contribution is 0.610. The Morgan fingerprint density at radius 3 is 2.41 bits per heavy atom. The molecule has 0 aliphatic rings. The van der Waals surface area contributed by atoms with Crippen LogP contribution in [0.15, 0.2) is 17.0 Å². The summed E-state index contributed by atoms with van der Waals surface area (Å²) in [7, 11) is 6.66. The summed E-state index contributed by atoms with van der Waals surface area (Å²) in [6, 6.07) is 3.48. The molecule has 0 saturated heterocycles. The zero-order valence-electron chi connectivity index (χ0n) is 13.4. The van der Waals surface area contributed by atoms with Crippen LogP contribution in [-0.4, -0.2) is 52.2 Å². The number of benzene rings is 1. The minimum atomic E-state index is -3.83. The quantitative estimate of drug-likeness (QED) is 0.501. The molecule has 2 aromatic rings. The van der Waals surface area contributed by atoms with Crippen LogP contribution in [-0.2, 0) is 9.05 Å². The number of aryl methyl sites for hydroxylation is 3. The monoisotopic (exact) mass is 333 g/mol. The maximum atomic E-state index is 12.0. The van der Waals surface area contributed by atoms with Crippen LogP contribution in [0.5, 0.6) is 0 Å². The molecule has 0 saturated carbocycles. The molecule has 1 aromatic carbocycles. The molecule has 2 rings (SSSR count). The van der Waals surface area contributed by atoms with E-state index in [2.05, 4.69) is 10.1 Å². The zero-order chi connectivity index (χ0) is 16.7. The molecule has 0 bridgehead atoms. The van der Waals surface area contributed by atoms with E-state index in [1.54, 1.807) is 17.7 Å². The molecule has 0 spiro atoms. The smallest absolute Gasteiger partial charge is 0.218 e. The van der Waals surface area contributed by atoms with Gasteiger partial charge in [-0.3, -0.25) is 0 Å². The molecule has 0 amide bonds. The molecule has 1 aromatic heterocycles. The minimum absolute atomic E-state index is 0.106. The van der Waals surface area contributed by atoms with Gasteiger partial charge in [-0.05, 0) is 32.4 Å². The summed E-state index contributed by atoms with van der Waals surface area (Å²) in [6.07, 6.45) is 0. The molecule has 0 aliphatic heterocycles. The van der Waals surface area contributed by atoms with Crippen molar-refractivity contribution in [2.45, 2.75) is 25.7 Å². The Morgan fingerprint density at radius 2 is 1.95 bits per heavy atom. The topological polar surface area (TPSA) is 64.8 Å². The van der Waals surface area contributed by atoms with Crippen LogP contribution in [0.1, 0.15) is 17.2 Å². The summed E-state index contributed by atoms with van der Waals surface area (Å²) in [6.45, 7) is 5.67. The fraction of sp³-hybridized carbons (Fsp3) is 0.273. The van der Waals surface area contributed by atoms with Crippen molar-refractivity contribution in [1.82, 2.24) is 14.8 Å². The molecular formula is C11H16B4ClN3O2S. The summed E-state index contributed by atoms with van der Waals surface area (Å²) in [4.78, 5) is 4.41. The first-order chi connectivity index (χ1) is 10.1. The van der Waals surface area contributed by atoms with E-state index in [0.717, 1.165) is 18.1 Å². The van der Waals surface area contributed by atoms with Crippen molar-refractivity contribution in [2.75, 3.05) is 0 Å². The van der Waals surface area contributed by atoms with Crippen LogP contribution >= 0.6 is 10.7 Å². The number of aromatic nitrogens is 3. The van der Waals surface area contributed by atoms with Gasteiger partial charge in [0.25, 0.3) is 9.05 Å². The van der Waals surface area contributed by atoms with Crippen molar-refractivity contribution in [1.29, 1.82) is 0 Å². The second kappa shape index (κ2) is 6.16. The summed E-state index contributed by atoms with van der Waals surface area (Å²) in [5.74, 6) is 1.34. The van der Waals surface area contributed by atoms with E-state index in [-0.39, 0.29) is 11.4 Å². The lowest BCUT2D eigenvalue weighted by Gasteiger charge is -2.16. The third-order valence-corrected chi connectivity index (χ3v) is 5.21. The van der Waals surface area contributed by atoms with Crippen LogP contribution in [0.25, 0.3) is 5.69 Å². The van der Waals surface area contributed by atoms with Crippen LogP contribution in [0, 0.1) is 20.8 Å². The SMILES string of the molecule is BBB(B)c1cc(C)c(-n2nc(C)nc2C)cc1S(=O)(=O)Cl. The summed E-state index contributed by atoms with van der Waals surface area (Å²) < 4.78 is 25.6. The van der Waals surface area contributed by atoms with E-state index in [1.807, 2.05) is 35.4 Å². The highest BCUT2D eigenvalue weighted by Crippen LogP contribution is 2.21. The first-order valence-electron chi connectivity index (χ1n) is 7.15. The van der Waals surface area contributed by atoms with E-state index in [9.17, 15) is 8.42 Å². The summed E-state index contributed by atoms with van der Waals surface area (Å²) >= 11 is 0. The molecule has 0 radical (unpaired) electrons. The Hall–Kier alpha value is -1.14. The Bertz CT molecular complexity index is 825. The normalized spacial score (nSPS) is 11.5. The largest absolute Gasteiger partial charge is 0.260 e. The number of hydrogen-bond acceptors (Lipinski definition) is 4. The predicted molar refractivity (Wildman–Crippen MR) is 98.2 cm³/mol. The lowest BCUT2D eigenvalue weighted by atomic mass is 9.03. The van der Waals surface area contributed by atoms with Crippen molar-refractivity contribution in [3.05, 3.63) is 29.3 Å². The molecule has 1 heterocycles. The molecule has 0 fully saturated rings. The first-order valence-corrected chi connectivity index (χ1v) is 9.46. The number of hydrogen-bond donors (Lipinski definition) is 0. The van der Waals surface area contributed by atoms with Gasteiger partial charge in [0.05, 0.1) is 39.6 Å². The lowest BCUT2D eigenvalue weighted by Crippen LogP contribution is -2.41. The number of halogens is 1. The highest BCUT2D eigenvalue weighted by molar-refractivity contribution is 8.14. The van der Waals surface area contributed by atoms with Gasteiger partial charge in [0, 0.05) is 10.7 Å². The van der Waals surface area contributed by atoms with E-state index in [4.69, 9.17) is 10.7 Å². The maximum Gasteiger partial charge on any atom is 0.260 e. The van der Waals surface area contributed by atoms with Crippen LogP contribution < -0.4 is 5.46 Å². The van der Waals surface area contributed by atoms with Gasteiger partial charge in [-0.1, -0.05) is 11.5 Å². The van der Waals surface area contributed by atoms with E-state index in [0.29, 0.717) is 17.3 Å². The summed E-state index contributed by atoms with van der Waals surface area (Å²) in [5.41, 5.74) is 2.37. The van der Waals surface area contributed by atoms with Gasteiger partial charge in [-0.2, -0.15) is 5.10 Å². The van der Waals surface area contributed by atoms with Crippen LogP contribution in [0.4, 0.5) is 0 Å². The van der Waals surface area contributed by atoms with Crippen molar-refractivity contribution in [3.63, 3.8) is 0 Å². The van der Waals surface area contributed by atoms with E-state index < -0.39 is 9.05 Å². The average Bonchev–Trinajstić information content (AvgIpc) is 2.75. The average molecular weight is 333 g/mol. The summed E-state index contributed by atoms with van der Waals surface area (Å²) in [5, 5.41) is 4.33. The molecule has 5 nitrogen and oxygen atoms in total. The van der Waals surface area contributed by atoms with Gasteiger partial charge in [-0.15, -0.1) is 0 Å². The molecule has 0 N–H and O–H groups in total. The first kappa shape index (κ1) is 17.2. The van der Waals surface area contributed by atoms with Crippen molar-refractivity contribution in [2.24, 2.45) is 0 Å². The highest BCUT2D eigenvalue weighted by Gasteiger charge is 2.23. The highest BCUT2D eigenvalue weighted by atomic mass is 35.7. The Morgan fingerprint density at radius 1 is 1.32 bits per heavy atom. The number of rotatable bonds is 4. The fourth-order valence-corrected chi connectivity index (χ4v) is 3.69. The van der Waals surface area contributed by atoms with Crippen molar-refractivity contribution < 1.29 is 8.42 Å². The maximum absolute atomic E-state index is 12.0. The Kier molecular flexibility index (Phi) is 4.82. The third-order valence-electron chi connectivity index (χ3n) is 3.84. The third kappa shape index (κ3) is 3.27. The van der Waals surface area contributed by atoms with Gasteiger partial charge in [0.2, 0.25) is 0 Å². The van der Waals surface area contributed by atoms with Gasteiger partial charge in [0.1, 0.15) is 11.6 Å². The van der Waals surface area contributed by atoms with E-state index in [1.165, 1.54) is 0 Å². The van der Waals surface area contributed by atoms with Gasteiger partial charge in [0.15, 0.2) is 0 Å². The molecule has 11 heteroatoms. The van der Waals surface area contributed by atoms with Gasteiger partial charge < -0.3 is 0 Å². The standard InChI is InChI=1S/C11H16B4ClN3O2S/c1-6-4-9(15(13)14-12)11(22(16,20)21)5-10(6)19-8(3)17-7(2)18-19/h4-5,14H,12-13H2,1-3H3. The molecule has 0 unspecified atom stereocenters. The zero-order valence-corrected chi connectivity index (χ0v) is 15.0. The van der Waals surface area contributed by atoms with Crippen LogP contribution in [0.3, 0.4) is 0 Å². The van der Waals surface area contributed by atoms with Crippen LogP contribution in [0.2, 0.25) is 0 Å². The molecule has 22 heavy (non-hydrogen) atoms. The van der Waals surface area contributed by atoms with Crippen molar-refractivity contribution >= 4 is 54.2 Å². The van der Waals surface area contributed by atoms with Crippen molar-refractivity contribution in [3.8, 4) is 5.69 Å². The van der Waals surface area contributed by atoms with Gasteiger partial charge >= 0.3 is 0 Å². The molecular weight excluding hydrogens is 317 g/mol. The number of nitrogens with zero attached hydrogens (tertiary/aromatic N) is 3.